The van der Waals surface area contributed by atoms with Gasteiger partial charge in [-0.25, -0.2) is 9.65 Å². The fourth-order valence-corrected chi connectivity index (χ4v) is 2.38. The predicted octanol–water partition coefficient (Wildman–Crippen LogP) is 3.99. The Labute approximate surface area is 113 Å². The van der Waals surface area contributed by atoms with Crippen LogP contribution in [-0.4, -0.2) is 14.2 Å². The van der Waals surface area contributed by atoms with Crippen molar-refractivity contribution >= 4 is 19.3 Å². The summed E-state index contributed by atoms with van der Waals surface area (Å²) in [7, 11) is -0.504. The highest BCUT2D eigenvalue weighted by atomic mass is 35.5. The molecule has 0 fully saturated rings. The van der Waals surface area contributed by atoms with Crippen LogP contribution in [0.1, 0.15) is 26.3 Å². The van der Waals surface area contributed by atoms with Crippen molar-refractivity contribution in [3.63, 3.8) is 0 Å². The van der Waals surface area contributed by atoms with Gasteiger partial charge < -0.3 is 4.52 Å². The minimum atomic E-state index is -3.32. The molecule has 1 atom stereocenters. The molecule has 0 saturated heterocycles. The van der Waals surface area contributed by atoms with Crippen molar-refractivity contribution in [3.8, 4) is 5.75 Å². The Morgan fingerprint density at radius 1 is 1.33 bits per heavy atom. The summed E-state index contributed by atoms with van der Waals surface area (Å²) in [5, 5.41) is 2.91. The minimum absolute atomic E-state index is 0.00384. The van der Waals surface area contributed by atoms with E-state index in [1.807, 2.05) is 12.1 Å². The van der Waals surface area contributed by atoms with E-state index in [1.54, 1.807) is 6.07 Å². The zero-order chi connectivity index (χ0) is 14.0. The van der Waals surface area contributed by atoms with Gasteiger partial charge in [0.05, 0.1) is 5.02 Å². The first kappa shape index (κ1) is 15.5. The smallest absolute Gasteiger partial charge is 0.412 e. The third kappa shape index (κ3) is 3.72. The Morgan fingerprint density at radius 3 is 2.33 bits per heavy atom. The molecule has 0 amide bonds. The molecule has 1 N–H and O–H groups in total. The Balaban J connectivity index is 3.04. The highest BCUT2D eigenvalue weighted by Gasteiger charge is 2.24. The van der Waals surface area contributed by atoms with E-state index >= 15 is 0 Å². The monoisotopic (exact) mass is 291 g/mol. The fraction of sp³-hybridized carbons (Fsp3) is 0.500. The predicted molar refractivity (Wildman–Crippen MR) is 74.5 cm³/mol. The van der Waals surface area contributed by atoms with Crippen LogP contribution in [0.3, 0.4) is 0 Å². The van der Waals surface area contributed by atoms with Gasteiger partial charge in [0.1, 0.15) is 5.75 Å². The molecule has 4 nitrogen and oxygen atoms in total. The molecule has 6 heteroatoms. The number of halogens is 1. The van der Waals surface area contributed by atoms with Crippen LogP contribution in [0, 0.1) is 0 Å². The fourth-order valence-electron chi connectivity index (χ4n) is 1.35. The molecular weight excluding hydrogens is 273 g/mol. The van der Waals surface area contributed by atoms with Crippen LogP contribution >= 0.6 is 19.3 Å². The van der Waals surface area contributed by atoms with Crippen LogP contribution in [0.25, 0.3) is 0 Å². The molecule has 0 unspecified atom stereocenters. The van der Waals surface area contributed by atoms with Gasteiger partial charge in [-0.2, -0.15) is 0 Å². The number of rotatable bonds is 4. The zero-order valence-corrected chi connectivity index (χ0v) is 12.9. The lowest BCUT2D eigenvalue weighted by molar-refractivity contribution is 0.313. The number of benzene rings is 1. The summed E-state index contributed by atoms with van der Waals surface area (Å²) < 4.78 is 22.0. The molecule has 0 saturated carbocycles. The molecule has 0 spiro atoms. The van der Waals surface area contributed by atoms with Gasteiger partial charge >= 0.3 is 7.75 Å². The molecular formula is C12H19ClNO3P. The third-order valence-electron chi connectivity index (χ3n) is 2.53. The van der Waals surface area contributed by atoms with E-state index < -0.39 is 7.75 Å². The summed E-state index contributed by atoms with van der Waals surface area (Å²) in [6.45, 7) is 6.27. The van der Waals surface area contributed by atoms with Crippen LogP contribution in [0.15, 0.2) is 18.2 Å². The van der Waals surface area contributed by atoms with E-state index in [1.165, 1.54) is 14.2 Å². The molecule has 102 valence electrons. The van der Waals surface area contributed by atoms with Crippen molar-refractivity contribution < 1.29 is 13.6 Å². The first-order valence-electron chi connectivity index (χ1n) is 5.56. The van der Waals surface area contributed by atoms with Gasteiger partial charge in [0.15, 0.2) is 0 Å². The molecule has 0 aromatic heterocycles. The van der Waals surface area contributed by atoms with Gasteiger partial charge in [0, 0.05) is 7.11 Å². The lowest BCUT2D eigenvalue weighted by Gasteiger charge is -2.21. The number of hydrogen-bond acceptors (Lipinski definition) is 3. The van der Waals surface area contributed by atoms with Crippen LogP contribution in [0.4, 0.5) is 0 Å². The molecule has 1 aromatic carbocycles. The van der Waals surface area contributed by atoms with E-state index in [9.17, 15) is 4.57 Å². The van der Waals surface area contributed by atoms with Crippen molar-refractivity contribution in [2.24, 2.45) is 0 Å². The average molecular weight is 292 g/mol. The Hall–Kier alpha value is -0.540. The average Bonchev–Trinajstić information content (AvgIpc) is 2.30. The molecule has 0 bridgehead atoms. The Bertz CT molecular complexity index is 463. The second kappa shape index (κ2) is 5.62. The van der Waals surface area contributed by atoms with Gasteiger partial charge in [-0.3, -0.25) is 4.52 Å². The second-order valence-electron chi connectivity index (χ2n) is 4.89. The summed E-state index contributed by atoms with van der Waals surface area (Å²) in [6, 6.07) is 5.41. The molecule has 18 heavy (non-hydrogen) atoms. The molecule has 0 radical (unpaired) electrons. The van der Waals surface area contributed by atoms with Gasteiger partial charge in [-0.15, -0.1) is 0 Å². The normalized spacial score (nSPS) is 15.2. The highest BCUT2D eigenvalue weighted by molar-refractivity contribution is 7.52. The Kier molecular flexibility index (Phi) is 4.84. The zero-order valence-electron chi connectivity index (χ0n) is 11.3. The van der Waals surface area contributed by atoms with E-state index in [-0.39, 0.29) is 5.41 Å². The summed E-state index contributed by atoms with van der Waals surface area (Å²) >= 11 is 6.13. The van der Waals surface area contributed by atoms with E-state index in [2.05, 4.69) is 25.9 Å². The summed E-state index contributed by atoms with van der Waals surface area (Å²) in [5.41, 5.74) is 1.08. The maximum absolute atomic E-state index is 11.9. The lowest BCUT2D eigenvalue weighted by Crippen LogP contribution is -2.12. The van der Waals surface area contributed by atoms with Gasteiger partial charge in [0.25, 0.3) is 0 Å². The first-order valence-corrected chi connectivity index (χ1v) is 7.48. The first-order chi connectivity index (χ1) is 8.22. The topological polar surface area (TPSA) is 47.6 Å². The quantitative estimate of drug-likeness (QED) is 0.852. The maximum atomic E-state index is 11.9. The van der Waals surface area contributed by atoms with E-state index in [4.69, 9.17) is 20.6 Å². The molecule has 0 aliphatic rings. The SMILES string of the molecule is CN[P@](=O)(OC)Oc1ccc(C(C)(C)C)cc1Cl. The maximum Gasteiger partial charge on any atom is 0.458 e. The molecule has 0 aliphatic heterocycles. The van der Waals surface area contributed by atoms with Crippen molar-refractivity contribution in [3.05, 3.63) is 28.8 Å². The number of nitrogens with one attached hydrogen (secondary N) is 1. The summed E-state index contributed by atoms with van der Waals surface area (Å²) in [6.07, 6.45) is 0. The van der Waals surface area contributed by atoms with Crippen molar-refractivity contribution in [1.29, 1.82) is 0 Å². The van der Waals surface area contributed by atoms with E-state index in [0.29, 0.717) is 10.8 Å². The van der Waals surface area contributed by atoms with Crippen LogP contribution < -0.4 is 9.61 Å². The molecule has 0 heterocycles. The molecule has 1 rings (SSSR count). The highest BCUT2D eigenvalue weighted by Crippen LogP contribution is 2.45. The largest absolute Gasteiger partial charge is 0.458 e. The van der Waals surface area contributed by atoms with Gasteiger partial charge in [-0.05, 0) is 30.2 Å². The molecule has 0 aliphatic carbocycles. The molecule has 1 aromatic rings. The summed E-state index contributed by atoms with van der Waals surface area (Å²) in [4.78, 5) is 0. The second-order valence-corrected chi connectivity index (χ2v) is 7.29. The van der Waals surface area contributed by atoms with Crippen molar-refractivity contribution in [2.45, 2.75) is 26.2 Å². The van der Waals surface area contributed by atoms with Crippen LogP contribution in [-0.2, 0) is 14.5 Å². The minimum Gasteiger partial charge on any atom is -0.412 e. The summed E-state index contributed by atoms with van der Waals surface area (Å²) in [5.74, 6) is 0.337. The Morgan fingerprint density at radius 2 is 1.94 bits per heavy atom. The lowest BCUT2D eigenvalue weighted by atomic mass is 9.87. The number of hydrogen-bond donors (Lipinski definition) is 1. The van der Waals surface area contributed by atoms with E-state index in [0.717, 1.165) is 5.56 Å². The van der Waals surface area contributed by atoms with Gasteiger partial charge in [-0.1, -0.05) is 38.4 Å². The van der Waals surface area contributed by atoms with Crippen LogP contribution in [0.2, 0.25) is 5.02 Å². The standard InChI is InChI=1S/C12H19ClNO3P/c1-12(2,3)9-6-7-11(10(13)8-9)17-18(15,14-4)16-5/h6-8H,1-5H3,(H,14,15)/t18-/m0/s1. The van der Waals surface area contributed by atoms with Crippen molar-refractivity contribution in [2.75, 3.05) is 14.2 Å². The van der Waals surface area contributed by atoms with Crippen molar-refractivity contribution in [1.82, 2.24) is 5.09 Å². The van der Waals surface area contributed by atoms with Crippen LogP contribution in [0.5, 0.6) is 5.75 Å². The van der Waals surface area contributed by atoms with Gasteiger partial charge in [0.2, 0.25) is 0 Å². The third-order valence-corrected chi connectivity index (χ3v) is 4.29.